The van der Waals surface area contributed by atoms with E-state index in [9.17, 15) is 4.79 Å². The SMILES string of the molecule is CCNc1nc(-c2ccc(=O)n(CCOC)n2)cs1. The molecule has 0 aliphatic carbocycles. The summed E-state index contributed by atoms with van der Waals surface area (Å²) < 4.78 is 6.35. The van der Waals surface area contributed by atoms with Crippen LogP contribution in [0.4, 0.5) is 5.13 Å². The Hall–Kier alpha value is -1.73. The first kappa shape index (κ1) is 13.7. The zero-order chi connectivity index (χ0) is 13.7. The molecule has 19 heavy (non-hydrogen) atoms. The second-order valence-corrected chi connectivity index (χ2v) is 4.70. The Labute approximate surface area is 115 Å². The Morgan fingerprint density at radius 3 is 3.00 bits per heavy atom. The molecule has 2 heterocycles. The van der Waals surface area contributed by atoms with Gasteiger partial charge in [0.05, 0.1) is 13.2 Å². The Morgan fingerprint density at radius 2 is 2.26 bits per heavy atom. The monoisotopic (exact) mass is 280 g/mol. The van der Waals surface area contributed by atoms with E-state index in [4.69, 9.17) is 4.74 Å². The summed E-state index contributed by atoms with van der Waals surface area (Å²) >= 11 is 1.52. The third kappa shape index (κ3) is 3.39. The number of methoxy groups -OCH3 is 1. The fourth-order valence-corrected chi connectivity index (χ4v) is 2.32. The molecule has 0 fully saturated rings. The van der Waals surface area contributed by atoms with E-state index in [-0.39, 0.29) is 5.56 Å². The van der Waals surface area contributed by atoms with Crippen LogP contribution < -0.4 is 10.9 Å². The summed E-state index contributed by atoms with van der Waals surface area (Å²) in [4.78, 5) is 16.1. The van der Waals surface area contributed by atoms with Crippen LogP contribution in [0.3, 0.4) is 0 Å². The van der Waals surface area contributed by atoms with E-state index in [0.29, 0.717) is 18.8 Å². The first-order valence-electron chi connectivity index (χ1n) is 6.01. The minimum atomic E-state index is -0.136. The van der Waals surface area contributed by atoms with Gasteiger partial charge in [-0.25, -0.2) is 9.67 Å². The average molecular weight is 280 g/mol. The van der Waals surface area contributed by atoms with Crippen molar-refractivity contribution in [1.82, 2.24) is 14.8 Å². The van der Waals surface area contributed by atoms with Crippen LogP contribution in [0.15, 0.2) is 22.3 Å². The lowest BCUT2D eigenvalue weighted by Gasteiger charge is -2.04. The van der Waals surface area contributed by atoms with Crippen molar-refractivity contribution in [2.75, 3.05) is 25.6 Å². The first-order chi connectivity index (χ1) is 9.24. The summed E-state index contributed by atoms with van der Waals surface area (Å²) in [6.07, 6.45) is 0. The van der Waals surface area contributed by atoms with Crippen molar-refractivity contribution in [2.24, 2.45) is 0 Å². The second kappa shape index (κ2) is 6.44. The van der Waals surface area contributed by atoms with Crippen LogP contribution in [0.2, 0.25) is 0 Å². The molecule has 0 aliphatic rings. The summed E-state index contributed by atoms with van der Waals surface area (Å²) in [6, 6.07) is 3.20. The Bertz CT molecular complexity index is 593. The molecule has 1 N–H and O–H groups in total. The summed E-state index contributed by atoms with van der Waals surface area (Å²) in [5.74, 6) is 0. The Balaban J connectivity index is 2.25. The van der Waals surface area contributed by atoms with Crippen LogP contribution in [0.5, 0.6) is 0 Å². The first-order valence-corrected chi connectivity index (χ1v) is 6.89. The second-order valence-electron chi connectivity index (χ2n) is 3.84. The van der Waals surface area contributed by atoms with Gasteiger partial charge in [-0.05, 0) is 13.0 Å². The Kier molecular flexibility index (Phi) is 4.64. The molecular formula is C12H16N4O2S. The van der Waals surface area contributed by atoms with Gasteiger partial charge in [-0.3, -0.25) is 4.79 Å². The number of rotatable bonds is 6. The minimum Gasteiger partial charge on any atom is -0.383 e. The molecule has 0 radical (unpaired) electrons. The molecule has 0 aromatic carbocycles. The van der Waals surface area contributed by atoms with E-state index >= 15 is 0 Å². The van der Waals surface area contributed by atoms with Crippen molar-refractivity contribution in [2.45, 2.75) is 13.5 Å². The third-order valence-electron chi connectivity index (χ3n) is 2.47. The minimum absolute atomic E-state index is 0.136. The van der Waals surface area contributed by atoms with E-state index < -0.39 is 0 Å². The molecule has 2 aromatic rings. The fourth-order valence-electron chi connectivity index (χ4n) is 1.55. The number of hydrogen-bond acceptors (Lipinski definition) is 6. The van der Waals surface area contributed by atoms with Gasteiger partial charge in [0.25, 0.3) is 5.56 Å². The molecule has 6 nitrogen and oxygen atoms in total. The topological polar surface area (TPSA) is 69.0 Å². The number of nitrogens with zero attached hydrogens (tertiary/aromatic N) is 3. The summed E-state index contributed by atoms with van der Waals surface area (Å²) in [5.41, 5.74) is 1.33. The zero-order valence-electron chi connectivity index (χ0n) is 10.9. The van der Waals surface area contributed by atoms with Crippen molar-refractivity contribution >= 4 is 16.5 Å². The smallest absolute Gasteiger partial charge is 0.266 e. The number of anilines is 1. The van der Waals surface area contributed by atoms with Crippen LogP contribution in [-0.4, -0.2) is 35.0 Å². The lowest BCUT2D eigenvalue weighted by molar-refractivity contribution is 0.182. The maximum absolute atomic E-state index is 11.6. The van der Waals surface area contributed by atoms with Gasteiger partial charge >= 0.3 is 0 Å². The molecule has 0 saturated carbocycles. The van der Waals surface area contributed by atoms with Crippen molar-refractivity contribution in [1.29, 1.82) is 0 Å². The van der Waals surface area contributed by atoms with E-state index in [2.05, 4.69) is 15.4 Å². The van der Waals surface area contributed by atoms with E-state index in [1.807, 2.05) is 12.3 Å². The van der Waals surface area contributed by atoms with Gasteiger partial charge in [0.2, 0.25) is 0 Å². The van der Waals surface area contributed by atoms with E-state index in [1.165, 1.54) is 22.1 Å². The highest BCUT2D eigenvalue weighted by Gasteiger charge is 2.07. The van der Waals surface area contributed by atoms with Crippen LogP contribution in [-0.2, 0) is 11.3 Å². The van der Waals surface area contributed by atoms with Gasteiger partial charge in [0, 0.05) is 25.1 Å². The molecule has 0 saturated heterocycles. The third-order valence-corrected chi connectivity index (χ3v) is 3.27. The molecule has 102 valence electrons. The maximum atomic E-state index is 11.6. The van der Waals surface area contributed by atoms with Gasteiger partial charge in [0.15, 0.2) is 5.13 Å². The summed E-state index contributed by atoms with van der Waals surface area (Å²) in [7, 11) is 1.60. The molecule has 0 atom stereocenters. The molecule has 0 spiro atoms. The summed E-state index contributed by atoms with van der Waals surface area (Å²) in [5, 5.41) is 10.2. The highest BCUT2D eigenvalue weighted by molar-refractivity contribution is 7.14. The fraction of sp³-hybridized carbons (Fsp3) is 0.417. The average Bonchev–Trinajstić information content (AvgIpc) is 2.87. The predicted molar refractivity (Wildman–Crippen MR) is 75.6 cm³/mol. The van der Waals surface area contributed by atoms with Gasteiger partial charge in [0.1, 0.15) is 11.4 Å². The molecule has 0 amide bonds. The molecule has 0 bridgehead atoms. The molecule has 2 rings (SSSR count). The van der Waals surface area contributed by atoms with Crippen molar-refractivity contribution in [3.8, 4) is 11.4 Å². The van der Waals surface area contributed by atoms with Gasteiger partial charge < -0.3 is 10.1 Å². The van der Waals surface area contributed by atoms with Gasteiger partial charge in [-0.15, -0.1) is 11.3 Å². The number of thiazole rings is 1. The predicted octanol–water partition coefficient (Wildman–Crippen LogP) is 1.44. The number of ether oxygens (including phenoxy) is 1. The lowest BCUT2D eigenvalue weighted by Crippen LogP contribution is -2.24. The lowest BCUT2D eigenvalue weighted by atomic mass is 10.3. The molecule has 7 heteroatoms. The quantitative estimate of drug-likeness (QED) is 0.867. The highest BCUT2D eigenvalue weighted by atomic mass is 32.1. The largest absolute Gasteiger partial charge is 0.383 e. The van der Waals surface area contributed by atoms with Crippen molar-refractivity contribution in [3.63, 3.8) is 0 Å². The van der Waals surface area contributed by atoms with Gasteiger partial charge in [-0.1, -0.05) is 0 Å². The molecule has 0 aliphatic heterocycles. The van der Waals surface area contributed by atoms with Crippen LogP contribution in [0.25, 0.3) is 11.4 Å². The van der Waals surface area contributed by atoms with Crippen LogP contribution in [0, 0.1) is 0 Å². The number of aromatic nitrogens is 3. The molecular weight excluding hydrogens is 264 g/mol. The van der Waals surface area contributed by atoms with Crippen molar-refractivity contribution in [3.05, 3.63) is 27.9 Å². The van der Waals surface area contributed by atoms with E-state index in [1.54, 1.807) is 13.2 Å². The number of hydrogen-bond donors (Lipinski definition) is 1. The highest BCUT2D eigenvalue weighted by Crippen LogP contribution is 2.22. The van der Waals surface area contributed by atoms with E-state index in [0.717, 1.165) is 17.4 Å². The van der Waals surface area contributed by atoms with Crippen molar-refractivity contribution < 1.29 is 4.74 Å². The molecule has 0 unspecified atom stereocenters. The summed E-state index contributed by atoms with van der Waals surface area (Å²) in [6.45, 7) is 3.74. The molecule has 2 aromatic heterocycles. The van der Waals surface area contributed by atoms with Gasteiger partial charge in [-0.2, -0.15) is 5.10 Å². The maximum Gasteiger partial charge on any atom is 0.266 e. The number of nitrogens with one attached hydrogen (secondary N) is 1. The zero-order valence-corrected chi connectivity index (χ0v) is 11.7. The Morgan fingerprint density at radius 1 is 1.42 bits per heavy atom. The van der Waals surface area contributed by atoms with Crippen LogP contribution in [0.1, 0.15) is 6.92 Å². The normalized spacial score (nSPS) is 10.6. The standard InChI is InChI=1S/C12H16N4O2S/c1-3-13-12-14-10(8-19-12)9-4-5-11(17)16(15-9)6-7-18-2/h4-5,8H,3,6-7H2,1-2H3,(H,13,14). The van der Waals surface area contributed by atoms with Crippen LogP contribution >= 0.6 is 11.3 Å².